The van der Waals surface area contributed by atoms with Gasteiger partial charge in [0.2, 0.25) is 5.78 Å². The Morgan fingerprint density at radius 3 is 2.37 bits per heavy atom. The molecular formula is C24H22BrNO. The maximum Gasteiger partial charge on any atom is 0.210 e. The van der Waals surface area contributed by atoms with E-state index >= 15 is 0 Å². The van der Waals surface area contributed by atoms with Crippen LogP contribution in [0.25, 0.3) is 21.7 Å². The van der Waals surface area contributed by atoms with Crippen LogP contribution in [0.5, 0.6) is 0 Å². The molecule has 0 fully saturated rings. The third-order valence-electron chi connectivity index (χ3n) is 5.19. The first-order valence-corrected chi connectivity index (χ1v) is 10.3. The van der Waals surface area contributed by atoms with Gasteiger partial charge in [-0.3, -0.25) is 4.79 Å². The Kier molecular flexibility index (Phi) is 5.13. The van der Waals surface area contributed by atoms with Gasteiger partial charge < -0.3 is 4.98 Å². The molecule has 0 radical (unpaired) electrons. The van der Waals surface area contributed by atoms with Crippen molar-refractivity contribution in [2.45, 2.75) is 32.6 Å². The summed E-state index contributed by atoms with van der Waals surface area (Å²) in [5, 5.41) is 3.21. The number of carbonyl (C=O) groups excluding carboxylic acids is 1. The average molecular weight is 420 g/mol. The SMILES string of the molecule is CCCCCc1c(C(=O)c2ccc(Br)c3ccccc23)[nH]c2ccccc12. The number of benzene rings is 3. The van der Waals surface area contributed by atoms with E-state index in [-0.39, 0.29) is 5.78 Å². The molecule has 4 rings (SSSR count). The van der Waals surface area contributed by atoms with E-state index in [1.165, 1.54) is 18.2 Å². The normalized spacial score (nSPS) is 11.3. The molecule has 3 heteroatoms. The zero-order chi connectivity index (χ0) is 18.8. The summed E-state index contributed by atoms with van der Waals surface area (Å²) in [4.78, 5) is 17.0. The minimum absolute atomic E-state index is 0.0707. The van der Waals surface area contributed by atoms with Crippen LogP contribution in [0.4, 0.5) is 0 Å². The number of aryl methyl sites for hydroxylation is 1. The number of carbonyl (C=O) groups is 1. The maximum absolute atomic E-state index is 13.5. The number of para-hydroxylation sites is 1. The molecule has 0 saturated heterocycles. The van der Waals surface area contributed by atoms with Crippen LogP contribution in [0.1, 0.15) is 47.8 Å². The standard InChI is InChI=1S/C24H22BrNO/c1-2-3-4-12-19-18-11-7-8-13-22(18)26-23(19)24(27)20-14-15-21(25)17-10-6-5-9-16(17)20/h5-11,13-15,26H,2-4,12H2,1H3. The Labute approximate surface area is 167 Å². The van der Waals surface area contributed by atoms with Crippen LogP contribution in [0.15, 0.2) is 65.1 Å². The molecule has 0 unspecified atom stereocenters. The Hall–Kier alpha value is -2.39. The minimum atomic E-state index is 0.0707. The van der Waals surface area contributed by atoms with Crippen molar-refractivity contribution in [1.29, 1.82) is 0 Å². The predicted molar refractivity (Wildman–Crippen MR) is 117 cm³/mol. The highest BCUT2D eigenvalue weighted by Gasteiger charge is 2.20. The summed E-state index contributed by atoms with van der Waals surface area (Å²) in [6.07, 6.45) is 4.37. The largest absolute Gasteiger partial charge is 0.352 e. The zero-order valence-electron chi connectivity index (χ0n) is 15.4. The summed E-state index contributed by atoms with van der Waals surface area (Å²) in [5.74, 6) is 0.0707. The van der Waals surface area contributed by atoms with Gasteiger partial charge in [0.1, 0.15) is 0 Å². The quantitative estimate of drug-likeness (QED) is 0.263. The average Bonchev–Trinajstić information content (AvgIpc) is 3.07. The fourth-order valence-corrected chi connectivity index (χ4v) is 4.28. The number of rotatable bonds is 6. The second kappa shape index (κ2) is 7.69. The van der Waals surface area contributed by atoms with E-state index in [9.17, 15) is 4.79 Å². The number of unbranched alkanes of at least 4 members (excludes halogenated alkanes) is 2. The Morgan fingerprint density at radius 1 is 0.889 bits per heavy atom. The summed E-state index contributed by atoms with van der Waals surface area (Å²) < 4.78 is 1.01. The highest BCUT2D eigenvalue weighted by Crippen LogP contribution is 2.31. The molecule has 0 aliphatic heterocycles. The number of halogens is 1. The molecule has 2 nitrogen and oxygen atoms in total. The van der Waals surface area contributed by atoms with Crippen molar-refractivity contribution in [2.75, 3.05) is 0 Å². The molecule has 1 heterocycles. The topological polar surface area (TPSA) is 32.9 Å². The molecule has 27 heavy (non-hydrogen) atoms. The van der Waals surface area contributed by atoms with Gasteiger partial charge in [0.25, 0.3) is 0 Å². The van der Waals surface area contributed by atoms with Crippen LogP contribution in [-0.2, 0) is 6.42 Å². The Morgan fingerprint density at radius 2 is 1.59 bits per heavy atom. The molecule has 4 aromatic rings. The van der Waals surface area contributed by atoms with Gasteiger partial charge in [-0.1, -0.05) is 78.2 Å². The number of hydrogen-bond acceptors (Lipinski definition) is 1. The number of H-pyrrole nitrogens is 1. The van der Waals surface area contributed by atoms with Gasteiger partial charge in [0, 0.05) is 20.9 Å². The lowest BCUT2D eigenvalue weighted by molar-refractivity contribution is 0.103. The van der Waals surface area contributed by atoms with Crippen molar-refractivity contribution in [3.63, 3.8) is 0 Å². The molecule has 0 aliphatic carbocycles. The van der Waals surface area contributed by atoms with Crippen molar-refractivity contribution >= 4 is 43.4 Å². The van der Waals surface area contributed by atoms with E-state index in [1.807, 2.05) is 48.5 Å². The van der Waals surface area contributed by atoms with Gasteiger partial charge in [-0.05, 0) is 47.4 Å². The van der Waals surface area contributed by atoms with Crippen LogP contribution < -0.4 is 0 Å². The van der Waals surface area contributed by atoms with Crippen LogP contribution >= 0.6 is 15.9 Å². The second-order valence-electron chi connectivity index (χ2n) is 6.95. The van der Waals surface area contributed by atoms with E-state index in [2.05, 4.69) is 40.0 Å². The van der Waals surface area contributed by atoms with Gasteiger partial charge in [0.05, 0.1) is 5.69 Å². The van der Waals surface area contributed by atoms with Crippen LogP contribution in [0, 0.1) is 0 Å². The molecule has 0 saturated carbocycles. The van der Waals surface area contributed by atoms with E-state index < -0.39 is 0 Å². The van der Waals surface area contributed by atoms with E-state index in [0.717, 1.165) is 50.4 Å². The van der Waals surface area contributed by atoms with E-state index in [0.29, 0.717) is 0 Å². The molecule has 0 spiro atoms. The third kappa shape index (κ3) is 3.32. The summed E-state index contributed by atoms with van der Waals surface area (Å²) >= 11 is 3.60. The molecule has 1 N–H and O–H groups in total. The summed E-state index contributed by atoms with van der Waals surface area (Å²) in [7, 11) is 0. The van der Waals surface area contributed by atoms with Gasteiger partial charge in [-0.2, -0.15) is 0 Å². The van der Waals surface area contributed by atoms with Gasteiger partial charge in [0.15, 0.2) is 0 Å². The van der Waals surface area contributed by atoms with Crippen molar-refractivity contribution in [3.8, 4) is 0 Å². The minimum Gasteiger partial charge on any atom is -0.352 e. The van der Waals surface area contributed by atoms with Crippen LogP contribution in [0.3, 0.4) is 0 Å². The number of hydrogen-bond donors (Lipinski definition) is 1. The first-order chi connectivity index (χ1) is 13.2. The van der Waals surface area contributed by atoms with Crippen LogP contribution in [0.2, 0.25) is 0 Å². The highest BCUT2D eigenvalue weighted by molar-refractivity contribution is 9.10. The number of fused-ring (bicyclic) bond motifs is 2. The number of aromatic amines is 1. The molecular weight excluding hydrogens is 398 g/mol. The van der Waals surface area contributed by atoms with Crippen molar-refractivity contribution in [3.05, 3.63) is 82.0 Å². The van der Waals surface area contributed by atoms with Crippen molar-refractivity contribution < 1.29 is 4.79 Å². The maximum atomic E-state index is 13.5. The first-order valence-electron chi connectivity index (χ1n) is 9.52. The lowest BCUT2D eigenvalue weighted by Gasteiger charge is -2.09. The monoisotopic (exact) mass is 419 g/mol. The van der Waals surface area contributed by atoms with E-state index in [4.69, 9.17) is 0 Å². The number of nitrogens with one attached hydrogen (secondary N) is 1. The van der Waals surface area contributed by atoms with Crippen LogP contribution in [-0.4, -0.2) is 10.8 Å². The zero-order valence-corrected chi connectivity index (χ0v) is 17.0. The second-order valence-corrected chi connectivity index (χ2v) is 7.81. The lowest BCUT2D eigenvalue weighted by Crippen LogP contribution is -2.06. The summed E-state index contributed by atoms with van der Waals surface area (Å²) in [5.41, 5.74) is 3.67. The molecule has 0 atom stereocenters. The fourth-order valence-electron chi connectivity index (χ4n) is 3.80. The fraction of sp³-hybridized carbons (Fsp3) is 0.208. The summed E-state index contributed by atoms with van der Waals surface area (Å²) in [6, 6.07) is 20.2. The molecule has 0 amide bonds. The van der Waals surface area contributed by atoms with Gasteiger partial charge in [-0.15, -0.1) is 0 Å². The molecule has 136 valence electrons. The lowest BCUT2D eigenvalue weighted by atomic mass is 9.96. The Balaban J connectivity index is 1.86. The Bertz CT molecular complexity index is 1130. The van der Waals surface area contributed by atoms with Gasteiger partial charge in [-0.25, -0.2) is 0 Å². The van der Waals surface area contributed by atoms with Crippen molar-refractivity contribution in [1.82, 2.24) is 4.98 Å². The smallest absolute Gasteiger partial charge is 0.210 e. The van der Waals surface area contributed by atoms with E-state index in [1.54, 1.807) is 0 Å². The predicted octanol–water partition coefficient (Wildman–Crippen LogP) is 7.05. The molecule has 0 aliphatic rings. The third-order valence-corrected chi connectivity index (χ3v) is 5.88. The van der Waals surface area contributed by atoms with Gasteiger partial charge >= 0.3 is 0 Å². The molecule has 1 aromatic heterocycles. The molecule has 3 aromatic carbocycles. The molecule has 0 bridgehead atoms. The number of ketones is 1. The highest BCUT2D eigenvalue weighted by atomic mass is 79.9. The van der Waals surface area contributed by atoms with Crippen molar-refractivity contribution in [2.24, 2.45) is 0 Å². The number of aromatic nitrogens is 1. The summed E-state index contributed by atoms with van der Waals surface area (Å²) in [6.45, 7) is 2.20. The first kappa shape index (κ1) is 18.0.